The second kappa shape index (κ2) is 28.7. The summed E-state index contributed by atoms with van der Waals surface area (Å²) in [6.45, 7) is 0.941. The van der Waals surface area contributed by atoms with Gasteiger partial charge < -0.3 is 39.9 Å². The monoisotopic (exact) mass is 770 g/mol. The molecule has 0 aromatic heterocycles. The van der Waals surface area contributed by atoms with Gasteiger partial charge in [-0.05, 0) is 19.8 Å². The minimum atomic E-state index is -4.90. The van der Waals surface area contributed by atoms with E-state index in [0.717, 1.165) is 44.9 Å². The second-order valence-electron chi connectivity index (χ2n) is 14.2. The van der Waals surface area contributed by atoms with Crippen molar-refractivity contribution < 1.29 is 58.6 Å². The number of esters is 2. The zero-order valence-electron chi connectivity index (χ0n) is 31.6. The van der Waals surface area contributed by atoms with E-state index in [1.54, 1.807) is 0 Å². The predicted octanol–water partition coefficient (Wildman–Crippen LogP) is 7.23. The molecule has 14 heteroatoms. The molecule has 0 bridgehead atoms. The molecule has 51 heavy (non-hydrogen) atoms. The molecule has 0 saturated heterocycles. The Hall–Kier alpha value is -0.760. The number of aliphatic hydroxyl groups is 5. The number of ether oxygens (including phenoxy) is 2. The highest BCUT2D eigenvalue weighted by Crippen LogP contribution is 2.60. The Balaban J connectivity index is 2.65. The average molecular weight is 771 g/mol. The van der Waals surface area contributed by atoms with E-state index in [9.17, 15) is 44.6 Å². The Kier molecular flexibility index (Phi) is 27.1. The van der Waals surface area contributed by atoms with Crippen molar-refractivity contribution >= 4 is 30.1 Å². The van der Waals surface area contributed by atoms with Crippen LogP contribution in [-0.4, -0.2) is 90.5 Å². The zero-order valence-corrected chi connectivity index (χ0v) is 33.3. The molecule has 1 aliphatic carbocycles. The van der Waals surface area contributed by atoms with Crippen molar-refractivity contribution in [3.8, 4) is 0 Å². The molecule has 1 fully saturated rings. The number of rotatable bonds is 31. The molecule has 0 aliphatic heterocycles. The molecule has 0 aromatic rings. The third-order valence-corrected chi connectivity index (χ3v) is 12.6. The molecule has 9 atom stereocenters. The van der Waals surface area contributed by atoms with Crippen molar-refractivity contribution in [2.45, 2.75) is 223 Å². The van der Waals surface area contributed by atoms with Gasteiger partial charge in [0.1, 0.15) is 42.7 Å². The lowest BCUT2D eigenvalue weighted by Crippen LogP contribution is -2.64. The minimum absolute atomic E-state index is 0.0560. The highest BCUT2D eigenvalue weighted by molar-refractivity contribution is 8.55. The van der Waals surface area contributed by atoms with E-state index in [-0.39, 0.29) is 24.2 Å². The summed E-state index contributed by atoms with van der Waals surface area (Å²) >= 11 is 0.152. The van der Waals surface area contributed by atoms with Gasteiger partial charge >= 0.3 is 18.7 Å². The fraction of sp³-hybridized carbons (Fsp3) is 0.946. The van der Waals surface area contributed by atoms with Crippen molar-refractivity contribution in [1.29, 1.82) is 0 Å². The largest absolute Gasteiger partial charge is 0.458 e. The van der Waals surface area contributed by atoms with E-state index >= 15 is 0 Å². The predicted molar refractivity (Wildman–Crippen MR) is 200 cm³/mol. The lowest BCUT2D eigenvalue weighted by molar-refractivity contribution is -0.217. The number of unbranched alkanes of at least 4 members (excludes halogenated alkanes) is 20. The quantitative estimate of drug-likeness (QED) is 0.0179. The van der Waals surface area contributed by atoms with Gasteiger partial charge in [0, 0.05) is 24.2 Å². The number of hydrogen-bond donors (Lipinski definition) is 6. The summed E-state index contributed by atoms with van der Waals surface area (Å²) < 4.78 is 29.3. The maximum absolute atomic E-state index is 13.2. The van der Waals surface area contributed by atoms with Crippen molar-refractivity contribution in [3.63, 3.8) is 0 Å². The summed E-state index contributed by atoms with van der Waals surface area (Å²) in [7, 11) is 0. The minimum Gasteiger partial charge on any atom is -0.458 e. The van der Waals surface area contributed by atoms with Gasteiger partial charge in [0.05, 0.1) is 0 Å². The maximum atomic E-state index is 13.2. The van der Waals surface area contributed by atoms with E-state index in [0.29, 0.717) is 12.8 Å². The molecule has 0 radical (unpaired) electrons. The van der Waals surface area contributed by atoms with Crippen LogP contribution in [-0.2, 0) is 28.2 Å². The van der Waals surface area contributed by atoms with Crippen LogP contribution in [0.4, 0.5) is 0 Å². The number of carbonyl (C=O) groups is 2. The Morgan fingerprint density at radius 3 is 1.24 bits per heavy atom. The van der Waals surface area contributed by atoms with E-state index in [2.05, 4.69) is 13.8 Å². The SMILES string of the molecule is CCCCCCCCCCCCCC(=O)OC(C)C(OC(=O)CCCCCCCCCCCCC)SP(=O)(O)OC1[C@H](O)[C@H](O)C(O)[C@H](O)[C@H]1O. The van der Waals surface area contributed by atoms with Gasteiger partial charge in [-0.25, -0.2) is 4.57 Å². The van der Waals surface area contributed by atoms with Crippen LogP contribution in [0.5, 0.6) is 0 Å². The van der Waals surface area contributed by atoms with Crippen molar-refractivity contribution in [1.82, 2.24) is 0 Å². The Bertz CT molecular complexity index is 943. The molecule has 6 N–H and O–H groups in total. The summed E-state index contributed by atoms with van der Waals surface area (Å²) in [5, 5.41) is 50.5. The van der Waals surface area contributed by atoms with Crippen LogP contribution in [0, 0.1) is 0 Å². The lowest BCUT2D eigenvalue weighted by Gasteiger charge is -2.41. The third-order valence-electron chi connectivity index (χ3n) is 9.48. The van der Waals surface area contributed by atoms with E-state index < -0.39 is 66.9 Å². The third kappa shape index (κ3) is 21.7. The smallest absolute Gasteiger partial charge is 0.390 e. The molecule has 0 aromatic carbocycles. The first-order chi connectivity index (χ1) is 24.3. The number of hydrogen-bond acceptors (Lipinski definition) is 12. The molecule has 0 heterocycles. The Labute approximate surface area is 311 Å². The van der Waals surface area contributed by atoms with E-state index in [1.165, 1.54) is 90.4 Å². The first-order valence-electron chi connectivity index (χ1n) is 19.8. The van der Waals surface area contributed by atoms with Crippen LogP contribution in [0.15, 0.2) is 0 Å². The molecule has 5 unspecified atom stereocenters. The average Bonchev–Trinajstić information content (AvgIpc) is 3.09. The Morgan fingerprint density at radius 1 is 0.549 bits per heavy atom. The molecular weight excluding hydrogens is 699 g/mol. The van der Waals surface area contributed by atoms with Crippen molar-refractivity contribution in [2.24, 2.45) is 0 Å². The fourth-order valence-electron chi connectivity index (χ4n) is 6.21. The normalized spacial score (nSPS) is 24.5. The molecule has 1 aliphatic rings. The van der Waals surface area contributed by atoms with E-state index in [4.69, 9.17) is 14.0 Å². The van der Waals surface area contributed by atoms with Gasteiger partial charge in [-0.15, -0.1) is 0 Å². The van der Waals surface area contributed by atoms with Crippen molar-refractivity contribution in [2.75, 3.05) is 0 Å². The zero-order chi connectivity index (χ0) is 38.1. The maximum Gasteiger partial charge on any atom is 0.390 e. The number of carbonyl (C=O) groups excluding carboxylic acids is 2. The molecule has 1 saturated carbocycles. The van der Waals surface area contributed by atoms with Gasteiger partial charge in [-0.3, -0.25) is 14.1 Å². The van der Waals surface area contributed by atoms with Gasteiger partial charge in [-0.1, -0.05) is 142 Å². The first kappa shape index (κ1) is 48.3. The topological polar surface area (TPSA) is 200 Å². The highest BCUT2D eigenvalue weighted by Gasteiger charge is 2.51. The Morgan fingerprint density at radius 2 is 0.863 bits per heavy atom. The summed E-state index contributed by atoms with van der Waals surface area (Å²) in [5.41, 5.74) is -1.47. The van der Waals surface area contributed by atoms with Crippen molar-refractivity contribution in [3.05, 3.63) is 0 Å². The second-order valence-corrected chi connectivity index (χ2v) is 18.1. The lowest BCUT2D eigenvalue weighted by atomic mass is 9.85. The fourth-order valence-corrected chi connectivity index (χ4v) is 9.34. The molecule has 12 nitrogen and oxygen atoms in total. The first-order valence-corrected chi connectivity index (χ1v) is 22.9. The van der Waals surface area contributed by atoms with E-state index in [1.807, 2.05) is 0 Å². The molecular formula is C37H71O12PS. The summed E-state index contributed by atoms with van der Waals surface area (Å²) in [6, 6.07) is 0. The molecule has 1 rings (SSSR count). The van der Waals surface area contributed by atoms with Crippen LogP contribution in [0.3, 0.4) is 0 Å². The van der Waals surface area contributed by atoms with Crippen LogP contribution < -0.4 is 0 Å². The molecule has 0 spiro atoms. The van der Waals surface area contributed by atoms with Crippen LogP contribution >= 0.6 is 18.2 Å². The standard InChI is InChI=1S/C37H71O12PS/c1-4-6-8-10-12-14-16-18-20-22-24-26-29(38)47-28(3)37(48-30(39)27-25-23-21-19-17-15-13-11-9-7-5-2)51-50(45,46)49-36-34(43)32(41)31(40)33(42)35(36)44/h28,31-37,40-44H,4-27H2,1-3H3,(H,45,46)/t28?,31?,32-,33+,34-,35-,36?,37?/m1/s1. The van der Waals surface area contributed by atoms with Gasteiger partial charge in [0.15, 0.2) is 5.44 Å². The van der Waals surface area contributed by atoms with Crippen LogP contribution in [0.2, 0.25) is 0 Å². The van der Waals surface area contributed by atoms with Crippen LogP contribution in [0.25, 0.3) is 0 Å². The summed E-state index contributed by atoms with van der Waals surface area (Å²) in [6.07, 6.45) is 11.7. The van der Waals surface area contributed by atoms with Gasteiger partial charge in [0.2, 0.25) is 0 Å². The molecule has 302 valence electrons. The number of aliphatic hydroxyl groups excluding tert-OH is 5. The van der Waals surface area contributed by atoms with Crippen LogP contribution in [0.1, 0.15) is 175 Å². The summed E-state index contributed by atoms with van der Waals surface area (Å²) in [5.74, 6) is -1.19. The highest BCUT2D eigenvalue weighted by atomic mass is 32.7. The van der Waals surface area contributed by atoms with Gasteiger partial charge in [0.25, 0.3) is 0 Å². The summed E-state index contributed by atoms with van der Waals surface area (Å²) in [4.78, 5) is 36.2. The van der Waals surface area contributed by atoms with Gasteiger partial charge in [-0.2, -0.15) is 0 Å². The molecule has 0 amide bonds.